The van der Waals surface area contributed by atoms with E-state index in [1.807, 2.05) is 0 Å². The van der Waals surface area contributed by atoms with Gasteiger partial charge in [-0.3, -0.25) is 0 Å². The zero-order valence-electron chi connectivity index (χ0n) is 8.93. The minimum Gasteiger partial charge on any atom is -0.380 e. The van der Waals surface area contributed by atoms with E-state index in [0.29, 0.717) is 0 Å². The fourth-order valence-corrected chi connectivity index (χ4v) is 1.87. The highest BCUT2D eigenvalue weighted by atomic mass is 16.5. The molecule has 2 rings (SSSR count). The molecule has 1 saturated carbocycles. The maximum Gasteiger partial charge on any atom is 0.0591 e. The molecule has 1 aliphatic carbocycles. The number of nitrogens with one attached hydrogen (secondary N) is 2. The third-order valence-electron chi connectivity index (χ3n) is 3.07. The Morgan fingerprint density at radius 3 is 2.86 bits per heavy atom. The summed E-state index contributed by atoms with van der Waals surface area (Å²) in [5, 5.41) is 6.83. The molecule has 0 aromatic rings. The SMILES string of the molecule is C(COCC1CC1)NCC1CCNC1. The zero-order valence-corrected chi connectivity index (χ0v) is 8.93. The molecule has 2 aliphatic rings. The second-order valence-electron chi connectivity index (χ2n) is 4.58. The van der Waals surface area contributed by atoms with Crippen molar-refractivity contribution in [2.75, 3.05) is 39.4 Å². The molecule has 3 nitrogen and oxygen atoms in total. The van der Waals surface area contributed by atoms with Gasteiger partial charge in [0.15, 0.2) is 0 Å². The smallest absolute Gasteiger partial charge is 0.0591 e. The summed E-state index contributed by atoms with van der Waals surface area (Å²) in [5.41, 5.74) is 0. The highest BCUT2D eigenvalue weighted by molar-refractivity contribution is 4.73. The lowest BCUT2D eigenvalue weighted by atomic mass is 10.1. The molecule has 0 aromatic heterocycles. The number of hydrogen-bond donors (Lipinski definition) is 2. The van der Waals surface area contributed by atoms with Crippen LogP contribution >= 0.6 is 0 Å². The molecule has 0 amide bonds. The summed E-state index contributed by atoms with van der Waals surface area (Å²) in [4.78, 5) is 0. The van der Waals surface area contributed by atoms with Gasteiger partial charge in [-0.2, -0.15) is 0 Å². The van der Waals surface area contributed by atoms with Crippen molar-refractivity contribution in [1.29, 1.82) is 0 Å². The molecule has 2 N–H and O–H groups in total. The summed E-state index contributed by atoms with van der Waals surface area (Å²) in [7, 11) is 0. The van der Waals surface area contributed by atoms with Gasteiger partial charge < -0.3 is 15.4 Å². The fourth-order valence-electron chi connectivity index (χ4n) is 1.87. The van der Waals surface area contributed by atoms with Gasteiger partial charge in [0.05, 0.1) is 6.61 Å². The second kappa shape index (κ2) is 5.69. The van der Waals surface area contributed by atoms with Gasteiger partial charge in [0.25, 0.3) is 0 Å². The molecule has 1 unspecified atom stereocenters. The van der Waals surface area contributed by atoms with Crippen LogP contribution in [0.5, 0.6) is 0 Å². The Labute approximate surface area is 86.6 Å². The summed E-state index contributed by atoms with van der Waals surface area (Å²) in [6, 6.07) is 0. The van der Waals surface area contributed by atoms with E-state index in [9.17, 15) is 0 Å². The molecule has 1 heterocycles. The van der Waals surface area contributed by atoms with Crippen LogP contribution in [0.1, 0.15) is 19.3 Å². The predicted octanol–water partition coefficient (Wildman–Crippen LogP) is 0.612. The van der Waals surface area contributed by atoms with Crippen molar-refractivity contribution in [2.24, 2.45) is 11.8 Å². The molecule has 0 radical (unpaired) electrons. The quantitative estimate of drug-likeness (QED) is 0.588. The standard InChI is InChI=1S/C11H22N2O/c1-2-10(1)9-14-6-5-13-8-11-3-4-12-7-11/h10-13H,1-9H2. The van der Waals surface area contributed by atoms with Crippen LogP contribution in [-0.2, 0) is 4.74 Å². The number of ether oxygens (including phenoxy) is 1. The molecule has 0 bridgehead atoms. The molecule has 1 atom stereocenters. The largest absolute Gasteiger partial charge is 0.380 e. The van der Waals surface area contributed by atoms with Crippen LogP contribution in [0.3, 0.4) is 0 Å². The van der Waals surface area contributed by atoms with Crippen LogP contribution in [0.15, 0.2) is 0 Å². The van der Waals surface area contributed by atoms with Crippen LogP contribution in [0.25, 0.3) is 0 Å². The minimum atomic E-state index is 0.846. The zero-order chi connectivity index (χ0) is 9.64. The van der Waals surface area contributed by atoms with E-state index in [4.69, 9.17) is 4.74 Å². The van der Waals surface area contributed by atoms with E-state index >= 15 is 0 Å². The Bertz CT molecular complexity index is 153. The lowest BCUT2D eigenvalue weighted by molar-refractivity contribution is 0.125. The Kier molecular flexibility index (Phi) is 4.22. The minimum absolute atomic E-state index is 0.846. The molecule has 0 aromatic carbocycles. The van der Waals surface area contributed by atoms with E-state index in [-0.39, 0.29) is 0 Å². The van der Waals surface area contributed by atoms with Crippen LogP contribution in [0, 0.1) is 11.8 Å². The van der Waals surface area contributed by atoms with Gasteiger partial charge in [-0.1, -0.05) is 0 Å². The van der Waals surface area contributed by atoms with Gasteiger partial charge in [0.1, 0.15) is 0 Å². The Hall–Kier alpha value is -0.120. The fraction of sp³-hybridized carbons (Fsp3) is 1.00. The summed E-state index contributed by atoms with van der Waals surface area (Å²) in [5.74, 6) is 1.74. The van der Waals surface area contributed by atoms with Crippen molar-refractivity contribution in [1.82, 2.24) is 10.6 Å². The summed E-state index contributed by atoms with van der Waals surface area (Å²) in [6.07, 6.45) is 4.11. The van der Waals surface area contributed by atoms with Gasteiger partial charge in [-0.05, 0) is 50.7 Å². The number of hydrogen-bond acceptors (Lipinski definition) is 3. The molecule has 0 spiro atoms. The molecule has 82 valence electrons. The van der Waals surface area contributed by atoms with Gasteiger partial charge in [0.2, 0.25) is 0 Å². The first-order valence-electron chi connectivity index (χ1n) is 5.94. The van der Waals surface area contributed by atoms with Gasteiger partial charge in [-0.25, -0.2) is 0 Å². The molecular formula is C11H22N2O. The van der Waals surface area contributed by atoms with Gasteiger partial charge >= 0.3 is 0 Å². The van der Waals surface area contributed by atoms with Crippen LogP contribution in [0.2, 0.25) is 0 Å². The van der Waals surface area contributed by atoms with E-state index in [1.54, 1.807) is 0 Å². The van der Waals surface area contributed by atoms with Crippen molar-refractivity contribution in [2.45, 2.75) is 19.3 Å². The average Bonchev–Trinajstić information content (AvgIpc) is 2.87. The van der Waals surface area contributed by atoms with Crippen LogP contribution < -0.4 is 10.6 Å². The predicted molar refractivity (Wildman–Crippen MR) is 57.4 cm³/mol. The first kappa shape index (κ1) is 10.4. The number of rotatable bonds is 7. The summed E-state index contributed by atoms with van der Waals surface area (Å²) >= 11 is 0. The molecule has 14 heavy (non-hydrogen) atoms. The van der Waals surface area contributed by atoms with Crippen molar-refractivity contribution >= 4 is 0 Å². The van der Waals surface area contributed by atoms with E-state index in [1.165, 1.54) is 32.4 Å². The Morgan fingerprint density at radius 2 is 2.14 bits per heavy atom. The summed E-state index contributed by atoms with van der Waals surface area (Å²) < 4.78 is 5.54. The molecule has 1 saturated heterocycles. The maximum atomic E-state index is 5.54. The molecular weight excluding hydrogens is 176 g/mol. The summed E-state index contributed by atoms with van der Waals surface area (Å²) in [6.45, 7) is 6.44. The normalized spacial score (nSPS) is 27.0. The van der Waals surface area contributed by atoms with Crippen molar-refractivity contribution in [3.05, 3.63) is 0 Å². The Morgan fingerprint density at radius 1 is 1.21 bits per heavy atom. The van der Waals surface area contributed by atoms with E-state index in [2.05, 4.69) is 10.6 Å². The molecule has 3 heteroatoms. The second-order valence-corrected chi connectivity index (χ2v) is 4.58. The van der Waals surface area contributed by atoms with Gasteiger partial charge in [0, 0.05) is 13.2 Å². The monoisotopic (exact) mass is 198 g/mol. The first-order valence-corrected chi connectivity index (χ1v) is 5.94. The third kappa shape index (κ3) is 3.95. The first-order chi connectivity index (χ1) is 6.95. The van der Waals surface area contributed by atoms with Crippen LogP contribution in [0.4, 0.5) is 0 Å². The van der Waals surface area contributed by atoms with Crippen molar-refractivity contribution < 1.29 is 4.74 Å². The third-order valence-corrected chi connectivity index (χ3v) is 3.07. The van der Waals surface area contributed by atoms with Crippen LogP contribution in [-0.4, -0.2) is 39.4 Å². The highest BCUT2D eigenvalue weighted by Gasteiger charge is 2.20. The van der Waals surface area contributed by atoms with E-state index < -0.39 is 0 Å². The van der Waals surface area contributed by atoms with Gasteiger partial charge in [-0.15, -0.1) is 0 Å². The van der Waals surface area contributed by atoms with E-state index in [0.717, 1.165) is 38.1 Å². The lowest BCUT2D eigenvalue weighted by Crippen LogP contribution is -2.27. The Balaban J connectivity index is 1.35. The van der Waals surface area contributed by atoms with Crippen molar-refractivity contribution in [3.8, 4) is 0 Å². The topological polar surface area (TPSA) is 33.3 Å². The average molecular weight is 198 g/mol. The maximum absolute atomic E-state index is 5.54. The highest BCUT2D eigenvalue weighted by Crippen LogP contribution is 2.28. The molecule has 2 fully saturated rings. The molecule has 1 aliphatic heterocycles. The lowest BCUT2D eigenvalue weighted by Gasteiger charge is -2.09. The van der Waals surface area contributed by atoms with Crippen molar-refractivity contribution in [3.63, 3.8) is 0 Å².